The van der Waals surface area contributed by atoms with Gasteiger partial charge in [-0.3, -0.25) is 9.88 Å². The number of aliphatic hydroxyl groups excluding tert-OH is 2. The molecule has 0 saturated carbocycles. The molecule has 3 atom stereocenters. The van der Waals surface area contributed by atoms with Crippen molar-refractivity contribution in [3.63, 3.8) is 0 Å². The molecule has 0 aliphatic carbocycles. The molecule has 0 amide bonds. The van der Waals surface area contributed by atoms with Crippen LogP contribution in [0.5, 0.6) is 0 Å². The van der Waals surface area contributed by atoms with Crippen LogP contribution in [0.3, 0.4) is 0 Å². The number of β-amino-alcohol motifs (C(OH)–C–C–N with tert-alkyl or cyclic N) is 2. The van der Waals surface area contributed by atoms with E-state index >= 15 is 0 Å². The van der Waals surface area contributed by atoms with Crippen molar-refractivity contribution in [2.75, 3.05) is 19.6 Å². The van der Waals surface area contributed by atoms with Gasteiger partial charge in [-0.15, -0.1) is 0 Å². The van der Waals surface area contributed by atoms with Crippen LogP contribution in [0, 0.1) is 0 Å². The Hall–Kier alpha value is -1.01. The molecule has 1 aliphatic rings. The highest BCUT2D eigenvalue weighted by Crippen LogP contribution is 2.22. The van der Waals surface area contributed by atoms with Gasteiger partial charge in [-0.05, 0) is 12.1 Å². The molecule has 0 aromatic carbocycles. The van der Waals surface area contributed by atoms with E-state index in [4.69, 9.17) is 5.73 Å². The third-order valence-electron chi connectivity index (χ3n) is 2.98. The van der Waals surface area contributed by atoms with E-state index in [1.807, 2.05) is 23.1 Å². The average Bonchev–Trinajstić information content (AvgIpc) is 2.61. The van der Waals surface area contributed by atoms with Crippen molar-refractivity contribution >= 4 is 0 Å². The van der Waals surface area contributed by atoms with E-state index in [2.05, 4.69) is 4.98 Å². The summed E-state index contributed by atoms with van der Waals surface area (Å²) in [6.45, 7) is 1.32. The van der Waals surface area contributed by atoms with Crippen LogP contribution >= 0.6 is 0 Å². The van der Waals surface area contributed by atoms with Crippen LogP contribution < -0.4 is 5.73 Å². The van der Waals surface area contributed by atoms with Gasteiger partial charge in [0.05, 0.1) is 23.9 Å². The maximum atomic E-state index is 9.51. The topological polar surface area (TPSA) is 82.6 Å². The lowest BCUT2D eigenvalue weighted by Crippen LogP contribution is -2.33. The van der Waals surface area contributed by atoms with Crippen LogP contribution in [-0.2, 0) is 0 Å². The fourth-order valence-electron chi connectivity index (χ4n) is 2.08. The summed E-state index contributed by atoms with van der Waals surface area (Å²) in [7, 11) is 0. The van der Waals surface area contributed by atoms with Gasteiger partial charge in [0.15, 0.2) is 0 Å². The second-order valence-corrected chi connectivity index (χ2v) is 4.09. The predicted octanol–water partition coefficient (Wildman–Crippen LogP) is -0.881. The first-order chi connectivity index (χ1) is 7.72. The lowest BCUT2D eigenvalue weighted by molar-refractivity contribution is 0.0572. The van der Waals surface area contributed by atoms with Crippen LogP contribution in [0.15, 0.2) is 24.4 Å². The highest BCUT2D eigenvalue weighted by atomic mass is 16.3. The summed E-state index contributed by atoms with van der Waals surface area (Å²) in [4.78, 5) is 6.23. The maximum absolute atomic E-state index is 9.51. The van der Waals surface area contributed by atoms with Crippen LogP contribution in [-0.4, -0.2) is 51.9 Å². The summed E-state index contributed by atoms with van der Waals surface area (Å²) >= 11 is 0. The largest absolute Gasteiger partial charge is 0.389 e. The van der Waals surface area contributed by atoms with E-state index in [9.17, 15) is 10.2 Å². The zero-order chi connectivity index (χ0) is 11.5. The van der Waals surface area contributed by atoms with Gasteiger partial charge >= 0.3 is 0 Å². The van der Waals surface area contributed by atoms with E-state index in [1.165, 1.54) is 0 Å². The smallest absolute Gasteiger partial charge is 0.0938 e. The minimum absolute atomic E-state index is 0.0343. The Kier molecular flexibility index (Phi) is 3.50. The summed E-state index contributed by atoms with van der Waals surface area (Å²) in [6, 6.07) is 5.64. The van der Waals surface area contributed by atoms with E-state index in [0.29, 0.717) is 19.6 Å². The first-order valence-electron chi connectivity index (χ1n) is 5.43. The Morgan fingerprint density at radius 2 is 2.06 bits per heavy atom. The van der Waals surface area contributed by atoms with E-state index < -0.39 is 12.2 Å². The molecule has 1 fully saturated rings. The van der Waals surface area contributed by atoms with E-state index in [-0.39, 0.29) is 6.04 Å². The summed E-state index contributed by atoms with van der Waals surface area (Å²) < 4.78 is 0. The fraction of sp³-hybridized carbons (Fsp3) is 0.545. The van der Waals surface area contributed by atoms with Crippen LogP contribution in [0.25, 0.3) is 0 Å². The Bertz CT molecular complexity index is 323. The van der Waals surface area contributed by atoms with Crippen molar-refractivity contribution in [1.82, 2.24) is 9.88 Å². The molecule has 0 bridgehead atoms. The summed E-state index contributed by atoms with van der Waals surface area (Å²) in [5.74, 6) is 0. The van der Waals surface area contributed by atoms with Gasteiger partial charge in [0.1, 0.15) is 0 Å². The molecular formula is C11H17N3O2. The zero-order valence-corrected chi connectivity index (χ0v) is 9.03. The zero-order valence-electron chi connectivity index (χ0n) is 9.03. The molecule has 1 saturated heterocycles. The molecule has 0 radical (unpaired) electrons. The summed E-state index contributed by atoms with van der Waals surface area (Å²) in [6.07, 6.45) is 0.358. The molecule has 1 aliphatic heterocycles. The molecule has 1 aromatic heterocycles. The number of nitrogens with two attached hydrogens (primary N) is 1. The summed E-state index contributed by atoms with van der Waals surface area (Å²) in [5, 5.41) is 19.0. The first kappa shape index (κ1) is 11.5. The van der Waals surface area contributed by atoms with Gasteiger partial charge in [0, 0.05) is 25.8 Å². The highest BCUT2D eigenvalue weighted by molar-refractivity contribution is 5.10. The first-order valence-corrected chi connectivity index (χ1v) is 5.43. The van der Waals surface area contributed by atoms with Gasteiger partial charge < -0.3 is 15.9 Å². The molecule has 4 N–H and O–H groups in total. The van der Waals surface area contributed by atoms with E-state index in [0.717, 1.165) is 5.69 Å². The number of likely N-dealkylation sites (tertiary alicyclic amines) is 1. The average molecular weight is 223 g/mol. The maximum Gasteiger partial charge on any atom is 0.0938 e. The number of pyridine rings is 1. The van der Waals surface area contributed by atoms with Gasteiger partial charge in [0.2, 0.25) is 0 Å². The fourth-order valence-corrected chi connectivity index (χ4v) is 2.08. The van der Waals surface area contributed by atoms with E-state index in [1.54, 1.807) is 6.20 Å². The second kappa shape index (κ2) is 4.88. The molecule has 88 valence electrons. The third-order valence-corrected chi connectivity index (χ3v) is 2.98. The number of aromatic nitrogens is 1. The Morgan fingerprint density at radius 1 is 1.38 bits per heavy atom. The lowest BCUT2D eigenvalue weighted by Gasteiger charge is -2.25. The molecule has 2 rings (SSSR count). The van der Waals surface area contributed by atoms with Gasteiger partial charge in [-0.1, -0.05) is 6.07 Å². The number of hydrogen-bond acceptors (Lipinski definition) is 5. The standard InChI is InChI=1S/C11H17N3O2/c12-5-9(8-3-1-2-4-13-8)14-6-10(15)11(16)7-14/h1-4,9-11,15-16H,5-7,12H2. The Morgan fingerprint density at radius 3 is 2.56 bits per heavy atom. The van der Waals surface area contributed by atoms with Gasteiger partial charge in [0.25, 0.3) is 0 Å². The van der Waals surface area contributed by atoms with Crippen molar-refractivity contribution in [3.05, 3.63) is 30.1 Å². The van der Waals surface area contributed by atoms with Crippen molar-refractivity contribution in [2.24, 2.45) is 5.73 Å². The van der Waals surface area contributed by atoms with Crippen molar-refractivity contribution in [1.29, 1.82) is 0 Å². The SMILES string of the molecule is NCC(c1ccccn1)N1CC(O)C(O)C1. The van der Waals surface area contributed by atoms with Crippen LogP contribution in [0.2, 0.25) is 0 Å². The van der Waals surface area contributed by atoms with Crippen LogP contribution in [0.4, 0.5) is 0 Å². The molecular weight excluding hydrogens is 206 g/mol. The Labute approximate surface area is 94.5 Å². The molecule has 5 nitrogen and oxygen atoms in total. The minimum atomic E-state index is -0.683. The number of rotatable bonds is 3. The minimum Gasteiger partial charge on any atom is -0.389 e. The molecule has 1 aromatic rings. The third kappa shape index (κ3) is 2.22. The molecule has 3 unspecified atom stereocenters. The summed E-state index contributed by atoms with van der Waals surface area (Å²) in [5.41, 5.74) is 6.61. The number of nitrogens with zero attached hydrogens (tertiary/aromatic N) is 2. The molecule has 5 heteroatoms. The lowest BCUT2D eigenvalue weighted by atomic mass is 10.1. The van der Waals surface area contributed by atoms with Gasteiger partial charge in [-0.2, -0.15) is 0 Å². The number of hydrogen-bond donors (Lipinski definition) is 3. The van der Waals surface area contributed by atoms with Crippen molar-refractivity contribution < 1.29 is 10.2 Å². The number of aliphatic hydroxyl groups is 2. The van der Waals surface area contributed by atoms with Crippen LogP contribution in [0.1, 0.15) is 11.7 Å². The molecule has 2 heterocycles. The highest BCUT2D eigenvalue weighted by Gasteiger charge is 2.34. The monoisotopic (exact) mass is 223 g/mol. The predicted molar refractivity (Wildman–Crippen MR) is 59.6 cm³/mol. The Balaban J connectivity index is 2.12. The van der Waals surface area contributed by atoms with Gasteiger partial charge in [-0.25, -0.2) is 0 Å². The van der Waals surface area contributed by atoms with Crippen molar-refractivity contribution in [2.45, 2.75) is 18.2 Å². The molecule has 16 heavy (non-hydrogen) atoms. The normalized spacial score (nSPS) is 28.2. The van der Waals surface area contributed by atoms with Crippen molar-refractivity contribution in [3.8, 4) is 0 Å². The quantitative estimate of drug-likeness (QED) is 0.620. The molecule has 0 spiro atoms. The second-order valence-electron chi connectivity index (χ2n) is 4.09.